The second-order valence-corrected chi connectivity index (χ2v) is 10.2. The quantitative estimate of drug-likeness (QED) is 0.436. The highest BCUT2D eigenvalue weighted by molar-refractivity contribution is 8.00. The molecule has 1 unspecified atom stereocenters. The number of amides is 2. The van der Waals surface area contributed by atoms with E-state index in [1.54, 1.807) is 19.0 Å². The number of nitrogens with zero attached hydrogens (tertiary/aromatic N) is 2. The van der Waals surface area contributed by atoms with Gasteiger partial charge in [0.2, 0.25) is 11.8 Å². The summed E-state index contributed by atoms with van der Waals surface area (Å²) in [5, 5.41) is 0. The van der Waals surface area contributed by atoms with Crippen molar-refractivity contribution < 1.29 is 14.4 Å². The van der Waals surface area contributed by atoms with Gasteiger partial charge in [-0.1, -0.05) is 40.5 Å². The van der Waals surface area contributed by atoms with Gasteiger partial charge in [0, 0.05) is 38.2 Å². The van der Waals surface area contributed by atoms with Crippen LogP contribution in [0.25, 0.3) is 0 Å². The lowest BCUT2D eigenvalue weighted by Crippen LogP contribution is -2.49. The number of carbonyl (C=O) groups is 3. The van der Waals surface area contributed by atoms with E-state index in [4.69, 9.17) is 0 Å². The van der Waals surface area contributed by atoms with Gasteiger partial charge in [0.05, 0.1) is 0 Å². The van der Waals surface area contributed by atoms with Crippen LogP contribution in [-0.4, -0.2) is 64.6 Å². The number of ketones is 1. The van der Waals surface area contributed by atoms with Crippen LogP contribution in [-0.2, 0) is 14.4 Å². The van der Waals surface area contributed by atoms with Gasteiger partial charge in [-0.05, 0) is 31.9 Å². The lowest BCUT2D eigenvalue weighted by atomic mass is 10.1. The van der Waals surface area contributed by atoms with E-state index in [0.29, 0.717) is 13.0 Å². The third kappa shape index (κ3) is 12.1. The highest BCUT2D eigenvalue weighted by Crippen LogP contribution is 2.24. The average Bonchev–Trinajstić information content (AvgIpc) is 2.57. The van der Waals surface area contributed by atoms with Gasteiger partial charge in [-0.3, -0.25) is 14.4 Å². The van der Waals surface area contributed by atoms with E-state index in [1.807, 2.05) is 11.8 Å². The van der Waals surface area contributed by atoms with Crippen LogP contribution in [0.1, 0.15) is 79.6 Å². The Morgan fingerprint density at radius 3 is 2.15 bits per heavy atom. The van der Waals surface area contributed by atoms with Crippen LogP contribution in [0.5, 0.6) is 0 Å². The number of likely N-dealkylation sites (N-methyl/N-ethyl adjacent to an activating group) is 2. The Bertz CT molecular complexity index is 475. The van der Waals surface area contributed by atoms with E-state index in [9.17, 15) is 14.4 Å². The molecule has 27 heavy (non-hydrogen) atoms. The zero-order valence-electron chi connectivity index (χ0n) is 18.5. The fraction of sp³-hybridized carbons (Fsp3) is 0.857. The highest BCUT2D eigenvalue weighted by Gasteiger charge is 2.29. The second kappa shape index (κ2) is 13.2. The Hall–Kier alpha value is -1.04. The first kappa shape index (κ1) is 26.0. The van der Waals surface area contributed by atoms with Crippen molar-refractivity contribution in [3.05, 3.63) is 0 Å². The standard InChI is InChI=1S/C21H40N2O3S/c1-8-9-14-22(6)20(26)18(16-17(2)24)23(7)19(25)13-11-10-12-15-27-21(3,4)5/h18H,8-16H2,1-7H3. The molecule has 0 bridgehead atoms. The second-order valence-electron chi connectivity index (χ2n) is 8.31. The number of Topliss-reactive ketones (excluding diaryl/α,β-unsaturated/α-hetero) is 1. The van der Waals surface area contributed by atoms with Crippen molar-refractivity contribution in [3.8, 4) is 0 Å². The zero-order chi connectivity index (χ0) is 21.0. The van der Waals surface area contributed by atoms with Crippen LogP contribution < -0.4 is 0 Å². The molecule has 1 atom stereocenters. The minimum Gasteiger partial charge on any atom is -0.344 e. The molecule has 0 aliphatic carbocycles. The van der Waals surface area contributed by atoms with Gasteiger partial charge in [0.15, 0.2) is 0 Å². The largest absolute Gasteiger partial charge is 0.344 e. The molecule has 158 valence electrons. The minimum atomic E-state index is -0.687. The summed E-state index contributed by atoms with van der Waals surface area (Å²) in [5.74, 6) is 0.829. The molecule has 6 heteroatoms. The van der Waals surface area contributed by atoms with E-state index in [1.165, 1.54) is 11.8 Å². The minimum absolute atomic E-state index is 0.0537. The number of hydrogen-bond acceptors (Lipinski definition) is 4. The summed E-state index contributed by atoms with van der Waals surface area (Å²) in [6.45, 7) is 10.8. The molecule has 0 fully saturated rings. The Labute approximate surface area is 170 Å². The van der Waals surface area contributed by atoms with Crippen molar-refractivity contribution in [2.75, 3.05) is 26.4 Å². The summed E-state index contributed by atoms with van der Waals surface area (Å²) >= 11 is 1.94. The van der Waals surface area contributed by atoms with E-state index < -0.39 is 6.04 Å². The van der Waals surface area contributed by atoms with E-state index in [-0.39, 0.29) is 28.8 Å². The van der Waals surface area contributed by atoms with Crippen molar-refractivity contribution >= 4 is 29.4 Å². The summed E-state index contributed by atoms with van der Waals surface area (Å²) in [4.78, 5) is 40.0. The van der Waals surface area contributed by atoms with Gasteiger partial charge in [0.25, 0.3) is 0 Å². The van der Waals surface area contributed by atoms with Crippen LogP contribution in [0.3, 0.4) is 0 Å². The van der Waals surface area contributed by atoms with Crippen LogP contribution in [0.2, 0.25) is 0 Å². The zero-order valence-corrected chi connectivity index (χ0v) is 19.3. The maximum Gasteiger partial charge on any atom is 0.245 e. The molecule has 0 aliphatic rings. The Balaban J connectivity index is 4.55. The fourth-order valence-electron chi connectivity index (χ4n) is 2.71. The van der Waals surface area contributed by atoms with Crippen LogP contribution >= 0.6 is 11.8 Å². The molecule has 0 aromatic heterocycles. The van der Waals surface area contributed by atoms with Gasteiger partial charge < -0.3 is 9.80 Å². The lowest BCUT2D eigenvalue weighted by Gasteiger charge is -2.30. The molecule has 2 amide bonds. The Morgan fingerprint density at radius 1 is 1.00 bits per heavy atom. The molecule has 0 aliphatic heterocycles. The fourth-order valence-corrected chi connectivity index (χ4v) is 3.67. The van der Waals surface area contributed by atoms with Crippen molar-refractivity contribution in [1.29, 1.82) is 0 Å². The SMILES string of the molecule is CCCCN(C)C(=O)C(CC(C)=O)N(C)C(=O)CCCCCSC(C)(C)C. The normalized spacial score (nSPS) is 12.6. The smallest absolute Gasteiger partial charge is 0.245 e. The van der Waals surface area contributed by atoms with Gasteiger partial charge >= 0.3 is 0 Å². The number of carbonyl (C=O) groups excluding carboxylic acids is 3. The topological polar surface area (TPSA) is 57.7 Å². The Morgan fingerprint density at radius 2 is 1.63 bits per heavy atom. The monoisotopic (exact) mass is 400 g/mol. The summed E-state index contributed by atoms with van der Waals surface area (Å²) in [5.41, 5.74) is 0. The number of thioether (sulfide) groups is 1. The predicted molar refractivity (Wildman–Crippen MR) is 115 cm³/mol. The molecular weight excluding hydrogens is 360 g/mol. The molecule has 0 spiro atoms. The van der Waals surface area contributed by atoms with Gasteiger partial charge in [-0.25, -0.2) is 0 Å². The highest BCUT2D eigenvalue weighted by atomic mass is 32.2. The molecule has 0 rings (SSSR count). The first-order chi connectivity index (χ1) is 12.5. The van der Waals surface area contributed by atoms with Gasteiger partial charge in [-0.15, -0.1) is 0 Å². The summed E-state index contributed by atoms with van der Waals surface area (Å²) in [7, 11) is 3.40. The Kier molecular flexibility index (Phi) is 12.7. The third-order valence-corrected chi connectivity index (χ3v) is 5.78. The summed E-state index contributed by atoms with van der Waals surface area (Å²) in [6, 6.07) is -0.687. The van der Waals surface area contributed by atoms with Crippen molar-refractivity contribution in [2.24, 2.45) is 0 Å². The predicted octanol–water partition coefficient (Wildman–Crippen LogP) is 4.14. The van der Waals surface area contributed by atoms with Crippen LogP contribution in [0, 0.1) is 0 Å². The molecule has 0 aromatic rings. The first-order valence-electron chi connectivity index (χ1n) is 10.1. The third-order valence-electron chi connectivity index (χ3n) is 4.42. The molecular formula is C21H40N2O3S. The molecule has 0 N–H and O–H groups in total. The molecule has 5 nitrogen and oxygen atoms in total. The van der Waals surface area contributed by atoms with Crippen molar-refractivity contribution in [3.63, 3.8) is 0 Å². The maximum atomic E-state index is 12.7. The van der Waals surface area contributed by atoms with Crippen LogP contribution in [0.15, 0.2) is 0 Å². The van der Waals surface area contributed by atoms with E-state index >= 15 is 0 Å². The lowest BCUT2D eigenvalue weighted by molar-refractivity contribution is -0.145. The molecule has 0 saturated heterocycles. The first-order valence-corrected chi connectivity index (χ1v) is 11.1. The average molecular weight is 401 g/mol. The van der Waals surface area contributed by atoms with Crippen LogP contribution in [0.4, 0.5) is 0 Å². The van der Waals surface area contributed by atoms with Crippen molar-refractivity contribution in [2.45, 2.75) is 90.4 Å². The van der Waals surface area contributed by atoms with E-state index in [2.05, 4.69) is 27.7 Å². The van der Waals surface area contributed by atoms with Gasteiger partial charge in [0.1, 0.15) is 11.8 Å². The maximum absolute atomic E-state index is 12.7. The number of rotatable bonds is 13. The van der Waals surface area contributed by atoms with Crippen molar-refractivity contribution in [1.82, 2.24) is 9.80 Å². The molecule has 0 aromatic carbocycles. The summed E-state index contributed by atoms with van der Waals surface area (Å²) in [6.07, 6.45) is 5.34. The number of hydrogen-bond donors (Lipinski definition) is 0. The molecule has 0 radical (unpaired) electrons. The molecule has 0 saturated carbocycles. The summed E-state index contributed by atoms with van der Waals surface area (Å²) < 4.78 is 0.278. The molecule has 0 heterocycles. The van der Waals surface area contributed by atoms with Gasteiger partial charge in [-0.2, -0.15) is 11.8 Å². The number of unbranched alkanes of at least 4 members (excludes halogenated alkanes) is 3. The van der Waals surface area contributed by atoms with E-state index in [0.717, 1.165) is 37.9 Å².